The van der Waals surface area contributed by atoms with Gasteiger partial charge in [-0.2, -0.15) is 0 Å². The summed E-state index contributed by atoms with van der Waals surface area (Å²) in [5, 5.41) is 0. The van der Waals surface area contributed by atoms with Crippen LogP contribution in [0.2, 0.25) is 0 Å². The smallest absolute Gasteiger partial charge is 0.167 e. The molecule has 0 spiro atoms. The van der Waals surface area contributed by atoms with Gasteiger partial charge < -0.3 is 4.74 Å². The van der Waals surface area contributed by atoms with E-state index >= 15 is 0 Å². The van der Waals surface area contributed by atoms with E-state index in [0.29, 0.717) is 18.6 Å². The van der Waals surface area contributed by atoms with E-state index in [4.69, 9.17) is 4.74 Å². The predicted molar refractivity (Wildman–Crippen MR) is 84.4 cm³/mol. The Morgan fingerprint density at radius 3 is 2.70 bits per heavy atom. The number of rotatable bonds is 6. The highest BCUT2D eigenvalue weighted by atomic mass is 79.9. The van der Waals surface area contributed by atoms with Crippen LogP contribution in [0.3, 0.4) is 0 Å². The number of ketones is 1. The Morgan fingerprint density at radius 2 is 1.95 bits per heavy atom. The van der Waals surface area contributed by atoms with Crippen LogP contribution in [-0.2, 0) is 6.42 Å². The Hall–Kier alpha value is -1.61. The summed E-state index contributed by atoms with van der Waals surface area (Å²) in [4.78, 5) is 12.3. The van der Waals surface area contributed by atoms with E-state index in [-0.39, 0.29) is 5.78 Å². The van der Waals surface area contributed by atoms with Crippen molar-refractivity contribution in [1.82, 2.24) is 0 Å². The molecule has 20 heavy (non-hydrogen) atoms. The van der Waals surface area contributed by atoms with Gasteiger partial charge in [-0.25, -0.2) is 0 Å². The maximum Gasteiger partial charge on any atom is 0.167 e. The Bertz CT molecular complexity index is 593. The first-order valence-electron chi connectivity index (χ1n) is 6.70. The number of carbonyl (C=O) groups is 1. The van der Waals surface area contributed by atoms with Gasteiger partial charge in [-0.1, -0.05) is 53.2 Å². The van der Waals surface area contributed by atoms with E-state index in [1.807, 2.05) is 48.5 Å². The average molecular weight is 333 g/mol. The fourth-order valence-corrected chi connectivity index (χ4v) is 2.32. The number of hydrogen-bond acceptors (Lipinski definition) is 2. The third-order valence-corrected chi connectivity index (χ3v) is 3.71. The molecule has 0 aromatic heterocycles. The summed E-state index contributed by atoms with van der Waals surface area (Å²) in [6, 6.07) is 15.2. The van der Waals surface area contributed by atoms with Crippen molar-refractivity contribution < 1.29 is 9.53 Å². The highest BCUT2D eigenvalue weighted by Crippen LogP contribution is 2.20. The van der Waals surface area contributed by atoms with Crippen molar-refractivity contribution in [3.05, 3.63) is 64.1 Å². The van der Waals surface area contributed by atoms with Crippen molar-refractivity contribution in [3.63, 3.8) is 0 Å². The van der Waals surface area contributed by atoms with Crippen LogP contribution in [0.4, 0.5) is 0 Å². The molecule has 3 heteroatoms. The molecule has 0 aliphatic heterocycles. The maximum atomic E-state index is 12.3. The third kappa shape index (κ3) is 3.94. The highest BCUT2D eigenvalue weighted by Gasteiger charge is 2.10. The lowest BCUT2D eigenvalue weighted by molar-refractivity contribution is 0.0992. The molecule has 104 valence electrons. The summed E-state index contributed by atoms with van der Waals surface area (Å²) >= 11 is 3.47. The van der Waals surface area contributed by atoms with E-state index in [0.717, 1.165) is 22.2 Å². The quantitative estimate of drug-likeness (QED) is 0.719. The molecule has 0 atom stereocenters. The molecule has 0 radical (unpaired) electrons. The first-order valence-corrected chi connectivity index (χ1v) is 7.49. The second-order valence-corrected chi connectivity index (χ2v) is 5.42. The van der Waals surface area contributed by atoms with Crippen LogP contribution in [0.1, 0.15) is 29.3 Å². The van der Waals surface area contributed by atoms with Crippen LogP contribution in [0, 0.1) is 0 Å². The average Bonchev–Trinajstić information content (AvgIpc) is 2.48. The van der Waals surface area contributed by atoms with Gasteiger partial charge >= 0.3 is 0 Å². The zero-order valence-corrected chi connectivity index (χ0v) is 13.0. The highest BCUT2D eigenvalue weighted by molar-refractivity contribution is 9.10. The van der Waals surface area contributed by atoms with Gasteiger partial charge in [-0.3, -0.25) is 4.79 Å². The van der Waals surface area contributed by atoms with Gasteiger partial charge in [0.2, 0.25) is 0 Å². The Kier molecular flexibility index (Phi) is 5.36. The fraction of sp³-hybridized carbons (Fsp3) is 0.235. The number of ether oxygens (including phenoxy) is 1. The van der Waals surface area contributed by atoms with Crippen LogP contribution < -0.4 is 4.74 Å². The zero-order valence-electron chi connectivity index (χ0n) is 11.4. The molecular formula is C17H17BrO2. The molecule has 0 bridgehead atoms. The summed E-state index contributed by atoms with van der Waals surface area (Å²) in [5.41, 5.74) is 1.69. The van der Waals surface area contributed by atoms with Gasteiger partial charge in [-0.05, 0) is 30.2 Å². The van der Waals surface area contributed by atoms with Crippen LogP contribution in [0.15, 0.2) is 53.0 Å². The molecule has 2 aromatic carbocycles. The minimum Gasteiger partial charge on any atom is -0.494 e. The lowest BCUT2D eigenvalue weighted by atomic mass is 10.0. The summed E-state index contributed by atoms with van der Waals surface area (Å²) in [7, 11) is 0. The summed E-state index contributed by atoms with van der Waals surface area (Å²) in [5.74, 6) is 0.851. The minimum absolute atomic E-state index is 0.0962. The lowest BCUT2D eigenvalue weighted by Crippen LogP contribution is -2.05. The Balaban J connectivity index is 2.11. The summed E-state index contributed by atoms with van der Waals surface area (Å²) in [6.45, 7) is 2.73. The Labute approximate surface area is 127 Å². The normalized spacial score (nSPS) is 10.3. The molecule has 2 rings (SSSR count). The maximum absolute atomic E-state index is 12.3. The molecular weight excluding hydrogens is 316 g/mol. The van der Waals surface area contributed by atoms with Gasteiger partial charge in [0, 0.05) is 16.5 Å². The van der Waals surface area contributed by atoms with Crippen LogP contribution in [-0.4, -0.2) is 12.4 Å². The van der Waals surface area contributed by atoms with Crippen molar-refractivity contribution in [3.8, 4) is 5.75 Å². The van der Waals surface area contributed by atoms with E-state index in [1.165, 1.54) is 0 Å². The lowest BCUT2D eigenvalue weighted by Gasteiger charge is -2.07. The Morgan fingerprint density at radius 1 is 1.15 bits per heavy atom. The van der Waals surface area contributed by atoms with Crippen molar-refractivity contribution >= 4 is 21.7 Å². The van der Waals surface area contributed by atoms with Crippen molar-refractivity contribution in [2.45, 2.75) is 19.8 Å². The predicted octanol–water partition coefficient (Wildman–Crippen LogP) is 4.66. The molecule has 0 heterocycles. The fourth-order valence-electron chi connectivity index (χ4n) is 1.90. The molecule has 2 nitrogen and oxygen atoms in total. The molecule has 0 N–H and O–H groups in total. The van der Waals surface area contributed by atoms with Crippen molar-refractivity contribution in [2.75, 3.05) is 6.61 Å². The number of hydrogen-bond donors (Lipinski definition) is 0. The third-order valence-electron chi connectivity index (χ3n) is 2.94. The molecule has 0 saturated carbocycles. The largest absolute Gasteiger partial charge is 0.494 e. The molecule has 0 aliphatic rings. The van der Waals surface area contributed by atoms with E-state index in [9.17, 15) is 4.79 Å². The minimum atomic E-state index is 0.0962. The summed E-state index contributed by atoms with van der Waals surface area (Å²) in [6.07, 6.45) is 1.34. The van der Waals surface area contributed by atoms with Crippen LogP contribution in [0.25, 0.3) is 0 Å². The van der Waals surface area contributed by atoms with Gasteiger partial charge in [0.05, 0.1) is 6.61 Å². The molecule has 2 aromatic rings. The molecule has 0 unspecified atom stereocenters. The van der Waals surface area contributed by atoms with Crippen LogP contribution >= 0.6 is 15.9 Å². The first kappa shape index (κ1) is 14.8. The molecule has 0 saturated heterocycles. The van der Waals surface area contributed by atoms with E-state index < -0.39 is 0 Å². The SMILES string of the molecule is CCCOc1cccc(C(=O)Cc2ccccc2Br)c1. The standard InChI is InChI=1S/C17H17BrO2/c1-2-10-20-15-8-5-7-14(11-15)17(19)12-13-6-3-4-9-16(13)18/h3-9,11H,2,10,12H2,1H3. The van der Waals surface area contributed by atoms with Crippen molar-refractivity contribution in [1.29, 1.82) is 0 Å². The molecule has 0 fully saturated rings. The first-order chi connectivity index (χ1) is 9.70. The number of Topliss-reactive ketones (excluding diaryl/α,β-unsaturated/α-hetero) is 1. The molecule has 0 aliphatic carbocycles. The second-order valence-electron chi connectivity index (χ2n) is 4.57. The number of halogens is 1. The number of carbonyl (C=O) groups excluding carboxylic acids is 1. The van der Waals surface area contributed by atoms with Gasteiger partial charge in [-0.15, -0.1) is 0 Å². The van der Waals surface area contributed by atoms with Gasteiger partial charge in [0.15, 0.2) is 5.78 Å². The van der Waals surface area contributed by atoms with Crippen LogP contribution in [0.5, 0.6) is 5.75 Å². The van der Waals surface area contributed by atoms with Gasteiger partial charge in [0.1, 0.15) is 5.75 Å². The monoisotopic (exact) mass is 332 g/mol. The zero-order chi connectivity index (χ0) is 14.4. The second kappa shape index (κ2) is 7.25. The van der Waals surface area contributed by atoms with E-state index in [2.05, 4.69) is 22.9 Å². The number of benzene rings is 2. The summed E-state index contributed by atoms with van der Waals surface area (Å²) < 4.78 is 6.52. The molecule has 0 amide bonds. The van der Waals surface area contributed by atoms with E-state index in [1.54, 1.807) is 0 Å². The van der Waals surface area contributed by atoms with Gasteiger partial charge in [0.25, 0.3) is 0 Å². The van der Waals surface area contributed by atoms with Crippen molar-refractivity contribution in [2.24, 2.45) is 0 Å². The topological polar surface area (TPSA) is 26.3 Å².